The number of benzene rings is 2. The highest BCUT2D eigenvalue weighted by molar-refractivity contribution is 8.27. The van der Waals surface area contributed by atoms with Crippen molar-refractivity contribution >= 4 is 51.9 Å². The van der Waals surface area contributed by atoms with E-state index in [1.807, 2.05) is 31.2 Å². The highest BCUT2D eigenvalue weighted by Gasteiger charge is 2.33. The molecule has 0 aromatic heterocycles. The van der Waals surface area contributed by atoms with E-state index in [0.717, 1.165) is 11.1 Å². The van der Waals surface area contributed by atoms with E-state index in [-0.39, 0.29) is 11.5 Å². The van der Waals surface area contributed by atoms with E-state index in [1.54, 1.807) is 25.1 Å². The lowest BCUT2D eigenvalue weighted by Crippen LogP contribution is -2.29. The minimum Gasteiger partial charge on any atom is -0.545 e. The Morgan fingerprint density at radius 2 is 1.96 bits per heavy atom. The molecule has 0 radical (unpaired) electrons. The summed E-state index contributed by atoms with van der Waals surface area (Å²) in [5.74, 6) is -1.54. The number of thioether (sulfide) groups is 1. The van der Waals surface area contributed by atoms with E-state index in [2.05, 4.69) is 0 Å². The summed E-state index contributed by atoms with van der Waals surface area (Å²) in [5, 5.41) is 11.2. The molecular weight excluding hydrogens is 354 g/mol. The molecule has 0 N–H and O–H groups in total. The van der Waals surface area contributed by atoms with E-state index in [4.69, 9.17) is 12.2 Å². The Kier molecular flexibility index (Phi) is 4.74. The zero-order chi connectivity index (χ0) is 18.1. The van der Waals surface area contributed by atoms with Crippen molar-refractivity contribution in [3.8, 4) is 0 Å². The van der Waals surface area contributed by atoms with Crippen LogP contribution in [0, 0.1) is 13.8 Å². The molecule has 0 unspecified atom stereocenters. The third-order valence-corrected chi connectivity index (χ3v) is 5.14. The first kappa shape index (κ1) is 17.4. The van der Waals surface area contributed by atoms with Crippen molar-refractivity contribution in [1.29, 1.82) is 0 Å². The third-order valence-electron chi connectivity index (χ3n) is 3.83. The number of thiocarbonyl (C=S) groups is 1. The Hall–Kier alpha value is -2.44. The number of rotatable bonds is 3. The molecule has 0 aliphatic carbocycles. The second-order valence-corrected chi connectivity index (χ2v) is 7.39. The van der Waals surface area contributed by atoms with Crippen LogP contribution in [-0.4, -0.2) is 16.2 Å². The van der Waals surface area contributed by atoms with Gasteiger partial charge in [-0.05, 0) is 43.2 Å². The lowest BCUT2D eigenvalue weighted by Gasteiger charge is -2.17. The highest BCUT2D eigenvalue weighted by Crippen LogP contribution is 2.36. The van der Waals surface area contributed by atoms with Crippen molar-refractivity contribution in [2.24, 2.45) is 0 Å². The SMILES string of the molecule is Cc1cccc(/C=C2\SC(=S)N(c3ccc(C)c(C(=O)[O-])c3)C2=O)c1. The van der Waals surface area contributed by atoms with Crippen molar-refractivity contribution in [2.75, 3.05) is 4.90 Å². The number of hydrogen-bond acceptors (Lipinski definition) is 5. The topological polar surface area (TPSA) is 60.4 Å². The molecule has 1 fully saturated rings. The average Bonchev–Trinajstić information content (AvgIpc) is 2.82. The molecule has 1 amide bonds. The van der Waals surface area contributed by atoms with Crippen LogP contribution in [0.5, 0.6) is 0 Å². The van der Waals surface area contributed by atoms with Crippen molar-refractivity contribution in [3.05, 3.63) is 69.6 Å². The third kappa shape index (κ3) is 3.50. The first-order valence-corrected chi connectivity index (χ1v) is 8.76. The molecule has 126 valence electrons. The fraction of sp³-hybridized carbons (Fsp3) is 0.105. The summed E-state index contributed by atoms with van der Waals surface area (Å²) >= 11 is 6.53. The quantitative estimate of drug-likeness (QED) is 0.615. The van der Waals surface area contributed by atoms with Crippen LogP contribution in [-0.2, 0) is 4.79 Å². The Morgan fingerprint density at radius 1 is 1.20 bits per heavy atom. The molecule has 1 aliphatic heterocycles. The largest absolute Gasteiger partial charge is 0.545 e. The zero-order valence-electron chi connectivity index (χ0n) is 13.6. The van der Waals surface area contributed by atoms with Gasteiger partial charge >= 0.3 is 0 Å². The van der Waals surface area contributed by atoms with Crippen LogP contribution in [0.25, 0.3) is 6.08 Å². The van der Waals surface area contributed by atoms with Gasteiger partial charge in [-0.2, -0.15) is 0 Å². The van der Waals surface area contributed by atoms with E-state index in [1.165, 1.54) is 22.7 Å². The minimum absolute atomic E-state index is 0.0502. The summed E-state index contributed by atoms with van der Waals surface area (Å²) in [4.78, 5) is 25.8. The second-order valence-electron chi connectivity index (χ2n) is 5.72. The smallest absolute Gasteiger partial charge is 0.270 e. The number of carbonyl (C=O) groups excluding carboxylic acids is 2. The van der Waals surface area contributed by atoms with E-state index >= 15 is 0 Å². The van der Waals surface area contributed by atoms with Crippen LogP contribution >= 0.6 is 24.0 Å². The molecule has 3 rings (SSSR count). The van der Waals surface area contributed by atoms with Crippen LogP contribution in [0.2, 0.25) is 0 Å². The zero-order valence-corrected chi connectivity index (χ0v) is 15.2. The number of nitrogens with zero attached hydrogens (tertiary/aromatic N) is 1. The predicted octanol–water partition coefficient (Wildman–Crippen LogP) is 3.07. The van der Waals surface area contributed by atoms with E-state index in [0.29, 0.717) is 20.5 Å². The van der Waals surface area contributed by atoms with Gasteiger partial charge in [0.25, 0.3) is 5.91 Å². The van der Waals surface area contributed by atoms with Crippen LogP contribution in [0.3, 0.4) is 0 Å². The summed E-state index contributed by atoms with van der Waals surface area (Å²) in [6.07, 6.45) is 1.79. The Labute approximate surface area is 155 Å². The van der Waals surface area contributed by atoms with Gasteiger partial charge in [0.05, 0.1) is 16.6 Å². The normalized spacial score (nSPS) is 15.9. The summed E-state index contributed by atoms with van der Waals surface area (Å²) in [7, 11) is 0. The van der Waals surface area contributed by atoms with Gasteiger partial charge < -0.3 is 9.90 Å². The van der Waals surface area contributed by atoms with Crippen LogP contribution in [0.1, 0.15) is 27.0 Å². The minimum atomic E-state index is -1.28. The number of amides is 1. The maximum absolute atomic E-state index is 12.8. The van der Waals surface area contributed by atoms with Crippen LogP contribution in [0.4, 0.5) is 5.69 Å². The summed E-state index contributed by atoms with van der Waals surface area (Å²) in [6.45, 7) is 3.66. The number of anilines is 1. The van der Waals surface area contributed by atoms with Gasteiger partial charge in [-0.25, -0.2) is 0 Å². The molecule has 2 aromatic rings. The van der Waals surface area contributed by atoms with Crippen molar-refractivity contribution in [1.82, 2.24) is 0 Å². The van der Waals surface area contributed by atoms with Gasteiger partial charge in [0.15, 0.2) is 4.32 Å². The number of hydrogen-bond donors (Lipinski definition) is 0. The Morgan fingerprint density at radius 3 is 2.64 bits per heavy atom. The second kappa shape index (κ2) is 6.82. The number of aryl methyl sites for hydroxylation is 2. The number of carboxylic acids is 1. The lowest BCUT2D eigenvalue weighted by molar-refractivity contribution is -0.255. The molecule has 0 spiro atoms. The predicted molar refractivity (Wildman–Crippen MR) is 102 cm³/mol. The van der Waals surface area contributed by atoms with Crippen molar-refractivity contribution < 1.29 is 14.7 Å². The first-order chi connectivity index (χ1) is 11.9. The Balaban J connectivity index is 1.97. The summed E-state index contributed by atoms with van der Waals surface area (Å²) in [6, 6.07) is 12.5. The van der Waals surface area contributed by atoms with Crippen molar-refractivity contribution in [2.45, 2.75) is 13.8 Å². The number of carboxylic acid groups (broad SMARTS) is 1. The molecule has 0 saturated carbocycles. The van der Waals surface area contributed by atoms with Crippen molar-refractivity contribution in [3.63, 3.8) is 0 Å². The summed E-state index contributed by atoms with van der Waals surface area (Å²) < 4.78 is 0.372. The fourth-order valence-electron chi connectivity index (χ4n) is 2.57. The number of aromatic carboxylic acids is 1. The lowest BCUT2D eigenvalue weighted by atomic mass is 10.1. The standard InChI is InChI=1S/C19H15NO3S2/c1-11-4-3-5-13(8-11)9-16-17(21)20(19(24)25-16)14-7-6-12(2)15(10-14)18(22)23/h3-10H,1-2H3,(H,22,23)/p-1/b16-9-. The molecule has 1 aliphatic rings. The molecule has 0 atom stereocenters. The molecule has 4 nitrogen and oxygen atoms in total. The molecule has 2 aromatic carbocycles. The van der Waals surface area contributed by atoms with Crippen LogP contribution < -0.4 is 10.0 Å². The van der Waals surface area contributed by atoms with Gasteiger partial charge in [-0.3, -0.25) is 9.69 Å². The number of carbonyl (C=O) groups is 2. The Bertz CT molecular complexity index is 934. The molecule has 25 heavy (non-hydrogen) atoms. The molecule has 1 heterocycles. The average molecular weight is 368 g/mol. The van der Waals surface area contributed by atoms with Gasteiger partial charge in [0, 0.05) is 5.56 Å². The maximum atomic E-state index is 12.8. The van der Waals surface area contributed by atoms with E-state index < -0.39 is 5.97 Å². The molecular formula is C19H14NO3S2-. The highest BCUT2D eigenvalue weighted by atomic mass is 32.2. The fourth-order valence-corrected chi connectivity index (χ4v) is 3.87. The molecule has 1 saturated heterocycles. The van der Waals surface area contributed by atoms with Gasteiger partial charge in [0.1, 0.15) is 0 Å². The maximum Gasteiger partial charge on any atom is 0.270 e. The van der Waals surface area contributed by atoms with Gasteiger partial charge in [-0.1, -0.05) is 59.9 Å². The van der Waals surface area contributed by atoms with E-state index in [9.17, 15) is 14.7 Å². The van der Waals surface area contributed by atoms with Gasteiger partial charge in [-0.15, -0.1) is 0 Å². The molecule has 0 bridgehead atoms. The van der Waals surface area contributed by atoms with Crippen LogP contribution in [0.15, 0.2) is 47.4 Å². The molecule has 6 heteroatoms. The monoisotopic (exact) mass is 368 g/mol. The van der Waals surface area contributed by atoms with Gasteiger partial charge in [0.2, 0.25) is 0 Å². The summed E-state index contributed by atoms with van der Waals surface area (Å²) in [5.41, 5.74) is 3.07. The first-order valence-electron chi connectivity index (χ1n) is 7.53.